The molecule has 1 fully saturated rings. The standard InChI is InChI=1S/C13H12BrFN2O/c14-10-6-9(7-11(15)8-10)13(18)17(5-1-4-16)12-2-3-12/h6-8,12H,1-3,5H2. The molecule has 3 nitrogen and oxygen atoms in total. The number of carbonyl (C=O) groups is 1. The fourth-order valence-corrected chi connectivity index (χ4v) is 2.32. The van der Waals surface area contributed by atoms with Crippen LogP contribution < -0.4 is 0 Å². The lowest BCUT2D eigenvalue weighted by Gasteiger charge is -2.21. The first kappa shape index (κ1) is 13.0. The Balaban J connectivity index is 2.19. The molecule has 0 heterocycles. The Labute approximate surface area is 113 Å². The van der Waals surface area contributed by atoms with Crippen molar-refractivity contribution in [1.29, 1.82) is 5.26 Å². The summed E-state index contributed by atoms with van der Waals surface area (Å²) in [5, 5.41) is 8.60. The third-order valence-corrected chi connectivity index (χ3v) is 3.28. The Morgan fingerprint density at radius 3 is 2.78 bits per heavy atom. The highest BCUT2D eigenvalue weighted by Gasteiger charge is 2.32. The first-order chi connectivity index (χ1) is 8.61. The monoisotopic (exact) mass is 310 g/mol. The van der Waals surface area contributed by atoms with E-state index in [1.54, 1.807) is 11.0 Å². The molecule has 2 rings (SSSR count). The van der Waals surface area contributed by atoms with Gasteiger partial charge in [-0.15, -0.1) is 0 Å². The van der Waals surface area contributed by atoms with Gasteiger partial charge in [0.1, 0.15) is 5.82 Å². The van der Waals surface area contributed by atoms with E-state index in [0.29, 0.717) is 23.0 Å². The minimum atomic E-state index is -0.441. The molecule has 1 saturated carbocycles. The third kappa shape index (κ3) is 3.08. The zero-order chi connectivity index (χ0) is 13.1. The predicted molar refractivity (Wildman–Crippen MR) is 68.4 cm³/mol. The molecule has 0 radical (unpaired) electrons. The highest BCUT2D eigenvalue weighted by molar-refractivity contribution is 9.10. The van der Waals surface area contributed by atoms with E-state index in [9.17, 15) is 9.18 Å². The van der Waals surface area contributed by atoms with Gasteiger partial charge in [0.2, 0.25) is 0 Å². The number of hydrogen-bond donors (Lipinski definition) is 0. The molecule has 0 bridgehead atoms. The third-order valence-electron chi connectivity index (χ3n) is 2.82. The molecule has 0 aromatic heterocycles. The molecular formula is C13H12BrFN2O. The van der Waals surface area contributed by atoms with E-state index in [0.717, 1.165) is 12.8 Å². The summed E-state index contributed by atoms with van der Waals surface area (Å²) in [7, 11) is 0. The van der Waals surface area contributed by atoms with E-state index in [2.05, 4.69) is 15.9 Å². The molecule has 18 heavy (non-hydrogen) atoms. The van der Waals surface area contributed by atoms with Gasteiger partial charge < -0.3 is 4.90 Å². The lowest BCUT2D eigenvalue weighted by Crippen LogP contribution is -2.34. The molecule has 0 atom stereocenters. The van der Waals surface area contributed by atoms with Crippen molar-refractivity contribution in [2.75, 3.05) is 6.54 Å². The van der Waals surface area contributed by atoms with Crippen LogP contribution in [0.3, 0.4) is 0 Å². The molecule has 5 heteroatoms. The summed E-state index contributed by atoms with van der Waals surface area (Å²) in [5.74, 6) is -0.642. The summed E-state index contributed by atoms with van der Waals surface area (Å²) in [6, 6.07) is 6.40. The van der Waals surface area contributed by atoms with Gasteiger partial charge in [-0.05, 0) is 31.0 Å². The van der Waals surface area contributed by atoms with E-state index in [4.69, 9.17) is 5.26 Å². The van der Waals surface area contributed by atoms with Crippen LogP contribution in [0.4, 0.5) is 4.39 Å². The quantitative estimate of drug-likeness (QED) is 0.857. The zero-order valence-electron chi connectivity index (χ0n) is 9.70. The van der Waals surface area contributed by atoms with Crippen molar-refractivity contribution >= 4 is 21.8 Å². The van der Waals surface area contributed by atoms with Crippen LogP contribution in [0.1, 0.15) is 29.6 Å². The number of carbonyl (C=O) groups excluding carboxylic acids is 1. The molecular weight excluding hydrogens is 299 g/mol. The van der Waals surface area contributed by atoms with Gasteiger partial charge in [0.25, 0.3) is 5.91 Å². The van der Waals surface area contributed by atoms with Crippen molar-refractivity contribution in [3.63, 3.8) is 0 Å². The molecule has 1 amide bonds. The predicted octanol–water partition coefficient (Wildman–Crippen LogP) is 3.11. The number of amides is 1. The molecule has 1 aliphatic rings. The van der Waals surface area contributed by atoms with Crippen LogP contribution in [0.25, 0.3) is 0 Å². The minimum Gasteiger partial charge on any atom is -0.335 e. The molecule has 1 aromatic rings. The van der Waals surface area contributed by atoms with Gasteiger partial charge in [0, 0.05) is 22.6 Å². The van der Waals surface area contributed by atoms with Crippen molar-refractivity contribution in [2.45, 2.75) is 25.3 Å². The smallest absolute Gasteiger partial charge is 0.254 e. The summed E-state index contributed by atoms with van der Waals surface area (Å²) in [5.41, 5.74) is 0.326. The molecule has 94 valence electrons. The lowest BCUT2D eigenvalue weighted by molar-refractivity contribution is 0.0746. The Hall–Kier alpha value is -1.41. The molecule has 0 spiro atoms. The maximum Gasteiger partial charge on any atom is 0.254 e. The van der Waals surface area contributed by atoms with E-state index < -0.39 is 5.82 Å². The number of benzene rings is 1. The average Bonchev–Trinajstić information content (AvgIpc) is 3.12. The molecule has 0 aliphatic heterocycles. The van der Waals surface area contributed by atoms with Crippen LogP contribution in [0.5, 0.6) is 0 Å². The zero-order valence-corrected chi connectivity index (χ0v) is 11.3. The normalized spacial score (nSPS) is 14.1. The van der Waals surface area contributed by atoms with Crippen LogP contribution in [0.15, 0.2) is 22.7 Å². The van der Waals surface area contributed by atoms with Crippen molar-refractivity contribution in [3.8, 4) is 6.07 Å². The number of nitriles is 1. The highest BCUT2D eigenvalue weighted by Crippen LogP contribution is 2.29. The van der Waals surface area contributed by atoms with Crippen molar-refractivity contribution < 1.29 is 9.18 Å². The van der Waals surface area contributed by atoms with Gasteiger partial charge in [0.05, 0.1) is 12.5 Å². The second kappa shape index (κ2) is 5.49. The first-order valence-corrected chi connectivity index (χ1v) is 6.55. The van der Waals surface area contributed by atoms with Gasteiger partial charge in [-0.3, -0.25) is 4.79 Å². The Bertz CT molecular complexity index is 488. The maximum absolute atomic E-state index is 13.3. The highest BCUT2D eigenvalue weighted by atomic mass is 79.9. The van der Waals surface area contributed by atoms with E-state index in [-0.39, 0.29) is 11.9 Å². The van der Waals surface area contributed by atoms with Gasteiger partial charge in [-0.25, -0.2) is 4.39 Å². The van der Waals surface area contributed by atoms with E-state index >= 15 is 0 Å². The van der Waals surface area contributed by atoms with Gasteiger partial charge >= 0.3 is 0 Å². The van der Waals surface area contributed by atoms with Gasteiger partial charge in [0.15, 0.2) is 0 Å². The summed E-state index contributed by atoms with van der Waals surface area (Å²) in [4.78, 5) is 13.9. The SMILES string of the molecule is N#CCCN(C(=O)c1cc(F)cc(Br)c1)C1CC1. The number of rotatable bonds is 4. The van der Waals surface area contributed by atoms with Crippen molar-refractivity contribution in [3.05, 3.63) is 34.1 Å². The summed E-state index contributed by atoms with van der Waals surface area (Å²) in [6.07, 6.45) is 2.24. The minimum absolute atomic E-state index is 0.201. The van der Waals surface area contributed by atoms with E-state index in [1.165, 1.54) is 12.1 Å². The number of hydrogen-bond acceptors (Lipinski definition) is 2. The molecule has 1 aliphatic carbocycles. The molecule has 1 aromatic carbocycles. The molecule has 0 saturated heterocycles. The van der Waals surface area contributed by atoms with Crippen LogP contribution in [0.2, 0.25) is 0 Å². The van der Waals surface area contributed by atoms with Crippen molar-refractivity contribution in [1.82, 2.24) is 4.90 Å². The van der Waals surface area contributed by atoms with Gasteiger partial charge in [-0.2, -0.15) is 5.26 Å². The Morgan fingerprint density at radius 1 is 1.50 bits per heavy atom. The average molecular weight is 311 g/mol. The van der Waals surface area contributed by atoms with Crippen LogP contribution >= 0.6 is 15.9 Å². The largest absolute Gasteiger partial charge is 0.335 e. The maximum atomic E-state index is 13.3. The second-order valence-corrected chi connectivity index (χ2v) is 5.21. The second-order valence-electron chi connectivity index (χ2n) is 4.30. The van der Waals surface area contributed by atoms with Crippen LogP contribution in [-0.2, 0) is 0 Å². The molecule has 0 N–H and O–H groups in total. The molecule has 0 unspecified atom stereocenters. The topological polar surface area (TPSA) is 44.1 Å². The first-order valence-electron chi connectivity index (χ1n) is 5.76. The summed E-state index contributed by atoms with van der Waals surface area (Å²) in [6.45, 7) is 0.411. The number of halogens is 2. The fourth-order valence-electron chi connectivity index (χ4n) is 1.85. The van der Waals surface area contributed by atoms with Crippen LogP contribution in [0, 0.1) is 17.1 Å². The summed E-state index contributed by atoms with van der Waals surface area (Å²) >= 11 is 3.17. The summed E-state index contributed by atoms with van der Waals surface area (Å²) < 4.78 is 13.8. The Kier molecular flexibility index (Phi) is 3.97. The van der Waals surface area contributed by atoms with Crippen molar-refractivity contribution in [2.24, 2.45) is 0 Å². The van der Waals surface area contributed by atoms with E-state index in [1.807, 2.05) is 6.07 Å². The van der Waals surface area contributed by atoms with Crippen LogP contribution in [-0.4, -0.2) is 23.4 Å². The van der Waals surface area contributed by atoms with Gasteiger partial charge in [-0.1, -0.05) is 15.9 Å². The lowest BCUT2D eigenvalue weighted by atomic mass is 10.2. The fraction of sp³-hybridized carbons (Fsp3) is 0.385. The number of nitrogens with zero attached hydrogens (tertiary/aromatic N) is 2. The Morgan fingerprint density at radius 2 is 2.22 bits per heavy atom.